The molecule has 0 aromatic carbocycles. The topological polar surface area (TPSA) is 115 Å². The van der Waals surface area contributed by atoms with Crippen LogP contribution in [-0.4, -0.2) is 31.9 Å². The molecule has 0 atom stereocenters. The Balaban J connectivity index is -0.000000605. The van der Waals surface area contributed by atoms with Gasteiger partial charge in [0.15, 0.2) is 0 Å². The number of rotatable bonds is 5. The molecule has 0 aliphatic carbocycles. The summed E-state index contributed by atoms with van der Waals surface area (Å²) in [6.07, 6.45) is -0.356. The van der Waals surface area contributed by atoms with Crippen LogP contribution in [0.5, 0.6) is 0 Å². The summed E-state index contributed by atoms with van der Waals surface area (Å²) in [5.41, 5.74) is 0. The van der Waals surface area contributed by atoms with Gasteiger partial charge in [0.05, 0.1) is 0 Å². The maximum atomic E-state index is 10.3. The molecule has 0 radical (unpaired) electrons. The number of hydrogen-bond donors (Lipinski definition) is 4. The molecular formula is C4H12O6P2Zn2. The van der Waals surface area contributed by atoms with Crippen molar-refractivity contribution < 1.29 is 67.7 Å². The summed E-state index contributed by atoms with van der Waals surface area (Å²) in [5.74, 6) is 0. The Morgan fingerprint density at radius 3 is 1.07 bits per heavy atom. The van der Waals surface area contributed by atoms with Crippen molar-refractivity contribution in [3.8, 4) is 0 Å². The Hall–Kier alpha value is 1.55. The third-order valence-electron chi connectivity index (χ3n) is 1.15. The van der Waals surface area contributed by atoms with Gasteiger partial charge in [0, 0.05) is 51.3 Å². The van der Waals surface area contributed by atoms with Crippen LogP contribution in [0.25, 0.3) is 0 Å². The summed E-state index contributed by atoms with van der Waals surface area (Å²) in [6, 6.07) is 0. The molecule has 0 aromatic heterocycles. The van der Waals surface area contributed by atoms with Gasteiger partial charge in [-0.25, -0.2) is 0 Å². The van der Waals surface area contributed by atoms with Crippen LogP contribution in [-0.2, 0) is 48.1 Å². The van der Waals surface area contributed by atoms with Crippen molar-refractivity contribution in [3.05, 3.63) is 0 Å². The van der Waals surface area contributed by atoms with E-state index < -0.39 is 15.2 Å². The maximum Gasteiger partial charge on any atom is 0.325 e. The van der Waals surface area contributed by atoms with Gasteiger partial charge < -0.3 is 19.6 Å². The Morgan fingerprint density at radius 2 is 0.929 bits per heavy atom. The first-order valence-electron chi connectivity index (χ1n) is 3.30. The smallest absolute Gasteiger partial charge is 0.324 e. The quantitative estimate of drug-likeness (QED) is 0.318. The molecule has 10 heteroatoms. The number of unbranched alkanes of at least 4 members (excludes halogenated alkanes) is 1. The molecule has 0 fully saturated rings. The van der Waals surface area contributed by atoms with E-state index in [2.05, 4.69) is 0 Å². The third kappa shape index (κ3) is 19.2. The largest absolute Gasteiger partial charge is 0.325 e. The molecule has 0 saturated heterocycles. The second-order valence-electron chi connectivity index (χ2n) is 2.48. The third-order valence-corrected chi connectivity index (χ3v) is 2.95. The Labute approximate surface area is 108 Å². The van der Waals surface area contributed by atoms with E-state index in [4.69, 9.17) is 19.6 Å². The SMILES string of the molecule is O=P(O)(O)CCCCP(=O)(O)O.[Zn].[Zn]. The van der Waals surface area contributed by atoms with E-state index in [0.29, 0.717) is 0 Å². The van der Waals surface area contributed by atoms with Crippen LogP contribution in [0.4, 0.5) is 0 Å². The van der Waals surface area contributed by atoms with E-state index >= 15 is 0 Å². The van der Waals surface area contributed by atoms with Crippen LogP contribution in [0.3, 0.4) is 0 Å². The molecule has 0 aliphatic rings. The average molecular weight is 349 g/mol. The van der Waals surface area contributed by atoms with E-state index in [-0.39, 0.29) is 64.1 Å². The molecule has 0 heterocycles. The average Bonchev–Trinajstić information content (AvgIpc) is 1.76. The first-order valence-corrected chi connectivity index (χ1v) is 6.89. The zero-order chi connectivity index (χ0) is 9.83. The van der Waals surface area contributed by atoms with Gasteiger partial charge in [-0.05, 0) is 12.8 Å². The fraction of sp³-hybridized carbons (Fsp3) is 1.00. The minimum atomic E-state index is -4.00. The van der Waals surface area contributed by atoms with Gasteiger partial charge >= 0.3 is 15.2 Å². The van der Waals surface area contributed by atoms with Crippen molar-refractivity contribution in [1.29, 1.82) is 0 Å². The number of hydrogen-bond acceptors (Lipinski definition) is 2. The fourth-order valence-electron chi connectivity index (χ4n) is 0.636. The van der Waals surface area contributed by atoms with Gasteiger partial charge in [-0.1, -0.05) is 0 Å². The molecule has 14 heavy (non-hydrogen) atoms. The second-order valence-corrected chi connectivity index (χ2v) is 6.04. The monoisotopic (exact) mass is 346 g/mol. The summed E-state index contributed by atoms with van der Waals surface area (Å²) in [6.45, 7) is 0. The van der Waals surface area contributed by atoms with Crippen LogP contribution in [0.2, 0.25) is 0 Å². The minimum Gasteiger partial charge on any atom is -0.324 e. The normalized spacial score (nSPS) is 11.4. The molecule has 0 unspecified atom stereocenters. The first kappa shape index (κ1) is 20.9. The van der Waals surface area contributed by atoms with E-state index in [0.717, 1.165) is 0 Å². The van der Waals surface area contributed by atoms with Crippen LogP contribution >= 0.6 is 15.2 Å². The van der Waals surface area contributed by atoms with Gasteiger partial charge in [0.25, 0.3) is 0 Å². The van der Waals surface area contributed by atoms with Gasteiger partial charge in [0.2, 0.25) is 0 Å². The van der Waals surface area contributed by atoms with Gasteiger partial charge in [-0.3, -0.25) is 9.13 Å². The summed E-state index contributed by atoms with van der Waals surface area (Å²) >= 11 is 0. The summed E-state index contributed by atoms with van der Waals surface area (Å²) in [5, 5.41) is 0. The Morgan fingerprint density at radius 1 is 0.714 bits per heavy atom. The molecule has 4 N–H and O–H groups in total. The van der Waals surface area contributed by atoms with E-state index in [1.165, 1.54) is 0 Å². The molecule has 0 saturated carbocycles. The van der Waals surface area contributed by atoms with E-state index in [1.807, 2.05) is 0 Å². The summed E-state index contributed by atoms with van der Waals surface area (Å²) in [4.78, 5) is 33.5. The zero-order valence-electron chi connectivity index (χ0n) is 7.74. The predicted molar refractivity (Wildman–Crippen MR) is 43.1 cm³/mol. The molecule has 0 aliphatic heterocycles. The molecule has 0 rings (SSSR count). The zero-order valence-corrected chi connectivity index (χ0v) is 15.5. The Bertz CT molecular complexity index is 198. The van der Waals surface area contributed by atoms with Crippen LogP contribution in [0.1, 0.15) is 12.8 Å². The van der Waals surface area contributed by atoms with Crippen molar-refractivity contribution in [2.45, 2.75) is 12.8 Å². The molecule has 0 aromatic rings. The fourth-order valence-corrected chi connectivity index (χ4v) is 1.91. The van der Waals surface area contributed by atoms with Crippen LogP contribution in [0.15, 0.2) is 0 Å². The molecular weight excluding hydrogens is 337 g/mol. The molecule has 6 nitrogen and oxygen atoms in total. The van der Waals surface area contributed by atoms with E-state index in [9.17, 15) is 9.13 Å². The van der Waals surface area contributed by atoms with Crippen molar-refractivity contribution in [2.75, 3.05) is 12.3 Å². The summed E-state index contributed by atoms with van der Waals surface area (Å²) < 4.78 is 20.5. The van der Waals surface area contributed by atoms with Crippen molar-refractivity contribution in [2.24, 2.45) is 0 Å². The van der Waals surface area contributed by atoms with Crippen LogP contribution < -0.4 is 0 Å². The molecule has 0 spiro atoms. The molecule has 78 valence electrons. The van der Waals surface area contributed by atoms with Crippen molar-refractivity contribution in [1.82, 2.24) is 0 Å². The van der Waals surface area contributed by atoms with Gasteiger partial charge in [0.1, 0.15) is 0 Å². The predicted octanol–water partition coefficient (Wildman–Crippen LogP) is 0.117. The molecule has 0 bridgehead atoms. The van der Waals surface area contributed by atoms with Crippen molar-refractivity contribution in [3.63, 3.8) is 0 Å². The van der Waals surface area contributed by atoms with Gasteiger partial charge in [-0.2, -0.15) is 0 Å². The second kappa shape index (κ2) is 8.67. The van der Waals surface area contributed by atoms with Crippen LogP contribution in [0, 0.1) is 0 Å². The standard InChI is InChI=1S/C4H12O6P2.2Zn/c5-11(6,7)3-1-2-4-12(8,9)10;;/h1-4H2,(H2,5,6,7)(H2,8,9,10);;. The minimum absolute atomic E-state index is 0. The van der Waals surface area contributed by atoms with Crippen molar-refractivity contribution >= 4 is 15.2 Å². The first-order chi connectivity index (χ1) is 5.21. The maximum absolute atomic E-state index is 10.3. The summed E-state index contributed by atoms with van der Waals surface area (Å²) in [7, 11) is -8.00. The van der Waals surface area contributed by atoms with Gasteiger partial charge in [-0.15, -0.1) is 0 Å². The Kier molecular flexibility index (Phi) is 12.9. The molecule has 0 amide bonds. The van der Waals surface area contributed by atoms with E-state index in [1.54, 1.807) is 0 Å².